The third kappa shape index (κ3) is 3.86. The molecular formula is C16H15N3O2. The molecule has 1 aromatic heterocycles. The zero-order valence-electron chi connectivity index (χ0n) is 11.9. The van der Waals surface area contributed by atoms with Crippen LogP contribution in [0.4, 0.5) is 0 Å². The second-order valence-corrected chi connectivity index (χ2v) is 5.05. The summed E-state index contributed by atoms with van der Waals surface area (Å²) in [5, 5.41) is 8.76. The Hall–Kier alpha value is -2.74. The molecule has 0 spiro atoms. The van der Waals surface area contributed by atoms with Gasteiger partial charge in [0.2, 0.25) is 0 Å². The first kappa shape index (κ1) is 14.7. The molecule has 0 aliphatic rings. The van der Waals surface area contributed by atoms with Gasteiger partial charge in [-0.25, -0.2) is 0 Å². The van der Waals surface area contributed by atoms with Gasteiger partial charge in [-0.05, 0) is 38.1 Å². The van der Waals surface area contributed by atoms with Crippen LogP contribution in [0.15, 0.2) is 42.9 Å². The van der Waals surface area contributed by atoms with Gasteiger partial charge in [0.1, 0.15) is 5.75 Å². The van der Waals surface area contributed by atoms with Crippen molar-refractivity contribution in [3.05, 3.63) is 54.1 Å². The van der Waals surface area contributed by atoms with Gasteiger partial charge in [-0.15, -0.1) is 0 Å². The monoisotopic (exact) mass is 281 g/mol. The zero-order valence-corrected chi connectivity index (χ0v) is 11.9. The number of hydrogen-bond donors (Lipinski definition) is 0. The minimum atomic E-state index is -0.980. The first-order chi connectivity index (χ1) is 10.0. The van der Waals surface area contributed by atoms with Crippen LogP contribution in [-0.2, 0) is 11.2 Å². The standard InChI is InChI=1S/C16H15N3O2/c1-16(2,15(20)9-13-11-18-7-8-19-13)21-14-5-3-12(10-17)4-6-14/h3-8,11H,9H2,1-2H3. The minimum absolute atomic E-state index is 0.0904. The molecule has 1 aromatic carbocycles. The van der Waals surface area contributed by atoms with Crippen molar-refractivity contribution < 1.29 is 9.53 Å². The smallest absolute Gasteiger partial charge is 0.181 e. The topological polar surface area (TPSA) is 75.9 Å². The third-order valence-corrected chi connectivity index (χ3v) is 2.99. The van der Waals surface area contributed by atoms with E-state index >= 15 is 0 Å². The molecule has 106 valence electrons. The van der Waals surface area contributed by atoms with Gasteiger partial charge in [0, 0.05) is 18.6 Å². The molecule has 0 saturated carbocycles. The third-order valence-electron chi connectivity index (χ3n) is 2.99. The molecular weight excluding hydrogens is 266 g/mol. The number of carbonyl (C=O) groups excluding carboxylic acids is 1. The van der Waals surface area contributed by atoms with E-state index in [9.17, 15) is 4.79 Å². The molecule has 0 atom stereocenters. The maximum Gasteiger partial charge on any atom is 0.181 e. The average Bonchev–Trinajstić information content (AvgIpc) is 2.48. The van der Waals surface area contributed by atoms with Gasteiger partial charge >= 0.3 is 0 Å². The van der Waals surface area contributed by atoms with E-state index in [1.165, 1.54) is 0 Å². The Kier molecular flexibility index (Phi) is 4.29. The lowest BCUT2D eigenvalue weighted by molar-refractivity contribution is -0.131. The molecule has 2 rings (SSSR count). The van der Waals surface area contributed by atoms with Crippen LogP contribution in [0.25, 0.3) is 0 Å². The fraction of sp³-hybridized carbons (Fsp3) is 0.250. The highest BCUT2D eigenvalue weighted by molar-refractivity contribution is 5.88. The summed E-state index contributed by atoms with van der Waals surface area (Å²) in [5.41, 5.74) is 0.177. The van der Waals surface area contributed by atoms with Crippen LogP contribution in [-0.4, -0.2) is 21.4 Å². The first-order valence-electron chi connectivity index (χ1n) is 6.48. The number of ketones is 1. The largest absolute Gasteiger partial charge is 0.480 e. The van der Waals surface area contributed by atoms with Gasteiger partial charge in [-0.2, -0.15) is 5.26 Å². The van der Waals surface area contributed by atoms with E-state index in [1.54, 1.807) is 56.7 Å². The number of hydrogen-bond acceptors (Lipinski definition) is 5. The van der Waals surface area contributed by atoms with E-state index in [-0.39, 0.29) is 12.2 Å². The van der Waals surface area contributed by atoms with Crippen LogP contribution in [0.1, 0.15) is 25.1 Å². The maximum atomic E-state index is 12.3. The number of rotatable bonds is 5. The van der Waals surface area contributed by atoms with Crippen molar-refractivity contribution in [2.24, 2.45) is 0 Å². The molecule has 0 aliphatic heterocycles. The number of benzene rings is 1. The quantitative estimate of drug-likeness (QED) is 0.840. The Bertz CT molecular complexity index is 658. The normalized spacial score (nSPS) is 10.7. The highest BCUT2D eigenvalue weighted by Gasteiger charge is 2.30. The second kappa shape index (κ2) is 6.14. The maximum absolute atomic E-state index is 12.3. The Morgan fingerprint density at radius 3 is 2.57 bits per heavy atom. The predicted octanol–water partition coefficient (Wildman–Crippen LogP) is 2.32. The summed E-state index contributed by atoms with van der Waals surface area (Å²) in [6.07, 6.45) is 4.84. The van der Waals surface area contributed by atoms with Crippen LogP contribution < -0.4 is 4.74 Å². The van der Waals surface area contributed by atoms with Gasteiger partial charge in [0.05, 0.1) is 23.7 Å². The zero-order chi connectivity index (χ0) is 15.3. The minimum Gasteiger partial charge on any atom is -0.480 e. The second-order valence-electron chi connectivity index (χ2n) is 5.05. The van der Waals surface area contributed by atoms with E-state index in [1.807, 2.05) is 6.07 Å². The van der Waals surface area contributed by atoms with E-state index < -0.39 is 5.60 Å². The summed E-state index contributed by atoms with van der Waals surface area (Å²) in [6.45, 7) is 3.42. The van der Waals surface area contributed by atoms with Crippen LogP contribution >= 0.6 is 0 Å². The molecule has 1 heterocycles. The summed E-state index contributed by atoms with van der Waals surface area (Å²) < 4.78 is 5.73. The molecule has 0 radical (unpaired) electrons. The number of carbonyl (C=O) groups is 1. The molecule has 5 heteroatoms. The fourth-order valence-electron chi connectivity index (χ4n) is 1.75. The summed E-state index contributed by atoms with van der Waals surface area (Å²) >= 11 is 0. The van der Waals surface area contributed by atoms with Crippen molar-refractivity contribution in [1.29, 1.82) is 5.26 Å². The molecule has 0 fully saturated rings. The summed E-state index contributed by atoms with van der Waals surface area (Å²) in [7, 11) is 0. The van der Waals surface area contributed by atoms with Crippen molar-refractivity contribution in [3.63, 3.8) is 0 Å². The van der Waals surface area contributed by atoms with Crippen molar-refractivity contribution >= 4 is 5.78 Å². The number of aromatic nitrogens is 2. The summed E-state index contributed by atoms with van der Waals surface area (Å²) in [5.74, 6) is 0.457. The van der Waals surface area contributed by atoms with Crippen LogP contribution in [0, 0.1) is 11.3 Å². The molecule has 0 unspecified atom stereocenters. The lowest BCUT2D eigenvalue weighted by atomic mass is 9.99. The van der Waals surface area contributed by atoms with Crippen LogP contribution in [0.2, 0.25) is 0 Å². The first-order valence-corrected chi connectivity index (χ1v) is 6.48. The summed E-state index contributed by atoms with van der Waals surface area (Å²) in [4.78, 5) is 20.3. The molecule has 0 amide bonds. The molecule has 0 saturated heterocycles. The Labute approximate surface area is 123 Å². The van der Waals surface area contributed by atoms with Crippen LogP contribution in [0.5, 0.6) is 5.75 Å². The predicted molar refractivity (Wildman–Crippen MR) is 76.6 cm³/mol. The molecule has 0 bridgehead atoms. The molecule has 5 nitrogen and oxygen atoms in total. The molecule has 2 aromatic rings. The number of Topliss-reactive ketones (excluding diaryl/α,β-unsaturated/α-hetero) is 1. The Balaban J connectivity index is 2.06. The molecule has 21 heavy (non-hydrogen) atoms. The SMILES string of the molecule is CC(C)(Oc1ccc(C#N)cc1)C(=O)Cc1cnccn1. The van der Waals surface area contributed by atoms with Crippen LogP contribution in [0.3, 0.4) is 0 Å². The van der Waals surface area contributed by atoms with Gasteiger partial charge in [0.25, 0.3) is 0 Å². The van der Waals surface area contributed by atoms with E-state index in [0.717, 1.165) is 0 Å². The van der Waals surface area contributed by atoms with Crippen molar-refractivity contribution in [2.75, 3.05) is 0 Å². The van der Waals surface area contributed by atoms with Gasteiger partial charge in [-0.3, -0.25) is 14.8 Å². The van der Waals surface area contributed by atoms with Gasteiger partial charge in [0.15, 0.2) is 11.4 Å². The van der Waals surface area contributed by atoms with E-state index in [2.05, 4.69) is 9.97 Å². The van der Waals surface area contributed by atoms with E-state index in [4.69, 9.17) is 10.00 Å². The van der Waals surface area contributed by atoms with E-state index in [0.29, 0.717) is 17.0 Å². The average molecular weight is 281 g/mol. The lowest BCUT2D eigenvalue weighted by Gasteiger charge is -2.25. The van der Waals surface area contributed by atoms with Crippen molar-refractivity contribution in [1.82, 2.24) is 9.97 Å². The fourth-order valence-corrected chi connectivity index (χ4v) is 1.75. The number of nitriles is 1. The summed E-state index contributed by atoms with van der Waals surface area (Å²) in [6, 6.07) is 8.69. The van der Waals surface area contributed by atoms with Crippen molar-refractivity contribution in [3.8, 4) is 11.8 Å². The van der Waals surface area contributed by atoms with Crippen molar-refractivity contribution in [2.45, 2.75) is 25.9 Å². The number of nitrogens with zero attached hydrogens (tertiary/aromatic N) is 3. The van der Waals surface area contributed by atoms with Gasteiger partial charge in [-0.1, -0.05) is 0 Å². The van der Waals surface area contributed by atoms with Gasteiger partial charge < -0.3 is 4.74 Å². The highest BCUT2D eigenvalue weighted by atomic mass is 16.5. The highest BCUT2D eigenvalue weighted by Crippen LogP contribution is 2.20. The Morgan fingerprint density at radius 2 is 2.00 bits per heavy atom. The molecule has 0 N–H and O–H groups in total. The number of ether oxygens (including phenoxy) is 1. The Morgan fingerprint density at radius 1 is 1.29 bits per heavy atom. The lowest BCUT2D eigenvalue weighted by Crippen LogP contribution is -2.39. The molecule has 0 aliphatic carbocycles.